The molecule has 0 fully saturated rings. The van der Waals surface area contributed by atoms with Gasteiger partial charge in [-0.3, -0.25) is 9.59 Å². The molecule has 5 nitrogen and oxygen atoms in total. The van der Waals surface area contributed by atoms with E-state index in [9.17, 15) is 9.59 Å². The number of amides is 1. The normalized spacial score (nSPS) is 11.8. The van der Waals surface area contributed by atoms with Crippen LogP contribution in [0.5, 0.6) is 0 Å². The molecule has 0 aliphatic carbocycles. The highest BCUT2D eigenvalue weighted by Crippen LogP contribution is 2.08. The predicted octanol–water partition coefficient (Wildman–Crippen LogP) is 0.791. The lowest BCUT2D eigenvalue weighted by Crippen LogP contribution is -2.38. The van der Waals surface area contributed by atoms with Crippen LogP contribution in [0.15, 0.2) is 24.3 Å². The van der Waals surface area contributed by atoms with E-state index in [-0.39, 0.29) is 12.3 Å². The van der Waals surface area contributed by atoms with Crippen LogP contribution in [0.4, 0.5) is 5.69 Å². The van der Waals surface area contributed by atoms with E-state index in [1.54, 1.807) is 12.1 Å². The molecule has 1 atom stereocenters. The fraction of sp³-hybridized carbons (Fsp3) is 0.333. The molecule has 1 aromatic carbocycles. The molecule has 1 amide bonds. The van der Waals surface area contributed by atoms with Crippen LogP contribution in [0.25, 0.3) is 0 Å². The fourth-order valence-electron chi connectivity index (χ4n) is 1.38. The van der Waals surface area contributed by atoms with Crippen molar-refractivity contribution in [3.63, 3.8) is 0 Å². The van der Waals surface area contributed by atoms with Crippen LogP contribution >= 0.6 is 0 Å². The van der Waals surface area contributed by atoms with E-state index in [2.05, 4.69) is 5.32 Å². The Hall–Kier alpha value is -2.04. The van der Waals surface area contributed by atoms with E-state index in [0.29, 0.717) is 12.1 Å². The minimum Gasteiger partial charge on any atom is -0.480 e. The SMILES string of the molecule is CC(NC(=O)CCc1cccc(N)c1)C(=O)O. The Morgan fingerprint density at radius 1 is 1.47 bits per heavy atom. The molecule has 1 unspecified atom stereocenters. The molecule has 0 bridgehead atoms. The lowest BCUT2D eigenvalue weighted by molar-refractivity contribution is -0.141. The molecule has 0 heterocycles. The van der Waals surface area contributed by atoms with E-state index in [1.165, 1.54) is 6.92 Å². The summed E-state index contributed by atoms with van der Waals surface area (Å²) in [5.74, 6) is -1.32. The number of benzene rings is 1. The number of hydrogen-bond donors (Lipinski definition) is 3. The Labute approximate surface area is 99.6 Å². The van der Waals surface area contributed by atoms with Crippen molar-refractivity contribution in [2.75, 3.05) is 5.73 Å². The van der Waals surface area contributed by atoms with Crippen LogP contribution in [-0.2, 0) is 16.0 Å². The number of carbonyl (C=O) groups excluding carboxylic acids is 1. The average molecular weight is 236 g/mol. The first-order valence-corrected chi connectivity index (χ1v) is 5.35. The van der Waals surface area contributed by atoms with Gasteiger partial charge >= 0.3 is 5.97 Å². The van der Waals surface area contributed by atoms with Crippen LogP contribution in [0, 0.1) is 0 Å². The summed E-state index contributed by atoms with van der Waals surface area (Å²) < 4.78 is 0. The minimum atomic E-state index is -1.04. The summed E-state index contributed by atoms with van der Waals surface area (Å²) in [4.78, 5) is 21.9. The maximum absolute atomic E-state index is 11.4. The molecular weight excluding hydrogens is 220 g/mol. The zero-order valence-corrected chi connectivity index (χ0v) is 9.64. The number of carbonyl (C=O) groups is 2. The molecule has 92 valence electrons. The molecule has 0 aromatic heterocycles. The standard InChI is InChI=1S/C12H16N2O3/c1-8(12(16)17)14-11(15)6-5-9-3-2-4-10(13)7-9/h2-4,7-8H,5-6,13H2,1H3,(H,14,15)(H,16,17). The molecule has 1 aromatic rings. The summed E-state index contributed by atoms with van der Waals surface area (Å²) in [7, 11) is 0. The van der Waals surface area contributed by atoms with E-state index in [4.69, 9.17) is 10.8 Å². The summed E-state index contributed by atoms with van der Waals surface area (Å²) >= 11 is 0. The molecule has 0 saturated heterocycles. The number of rotatable bonds is 5. The van der Waals surface area contributed by atoms with Gasteiger partial charge in [0.25, 0.3) is 0 Å². The second-order valence-corrected chi connectivity index (χ2v) is 3.87. The van der Waals surface area contributed by atoms with Crippen molar-refractivity contribution in [3.8, 4) is 0 Å². The van der Waals surface area contributed by atoms with Gasteiger partial charge in [-0.15, -0.1) is 0 Å². The van der Waals surface area contributed by atoms with Crippen molar-refractivity contribution in [1.82, 2.24) is 5.32 Å². The average Bonchev–Trinajstić information content (AvgIpc) is 2.26. The van der Waals surface area contributed by atoms with Crippen LogP contribution in [0.1, 0.15) is 18.9 Å². The van der Waals surface area contributed by atoms with Crippen LogP contribution in [0.3, 0.4) is 0 Å². The summed E-state index contributed by atoms with van der Waals surface area (Å²) in [5, 5.41) is 11.0. The van der Waals surface area contributed by atoms with Gasteiger partial charge < -0.3 is 16.2 Å². The highest BCUT2D eigenvalue weighted by molar-refractivity contribution is 5.83. The Morgan fingerprint density at radius 2 is 2.18 bits per heavy atom. The largest absolute Gasteiger partial charge is 0.480 e. The van der Waals surface area contributed by atoms with Crippen molar-refractivity contribution in [2.45, 2.75) is 25.8 Å². The maximum Gasteiger partial charge on any atom is 0.325 e. The number of nitrogens with one attached hydrogen (secondary N) is 1. The second kappa shape index (κ2) is 5.89. The van der Waals surface area contributed by atoms with Crippen LogP contribution < -0.4 is 11.1 Å². The third-order valence-corrected chi connectivity index (χ3v) is 2.34. The monoisotopic (exact) mass is 236 g/mol. The molecule has 17 heavy (non-hydrogen) atoms. The quantitative estimate of drug-likeness (QED) is 0.659. The third-order valence-electron chi connectivity index (χ3n) is 2.34. The topological polar surface area (TPSA) is 92.4 Å². The lowest BCUT2D eigenvalue weighted by atomic mass is 10.1. The second-order valence-electron chi connectivity index (χ2n) is 3.87. The van der Waals surface area contributed by atoms with Crippen LogP contribution in [0.2, 0.25) is 0 Å². The van der Waals surface area contributed by atoms with Crippen molar-refractivity contribution < 1.29 is 14.7 Å². The van der Waals surface area contributed by atoms with Crippen molar-refractivity contribution in [1.29, 1.82) is 0 Å². The van der Waals surface area contributed by atoms with E-state index < -0.39 is 12.0 Å². The zero-order chi connectivity index (χ0) is 12.8. The van der Waals surface area contributed by atoms with Crippen LogP contribution in [-0.4, -0.2) is 23.0 Å². The lowest BCUT2D eigenvalue weighted by Gasteiger charge is -2.09. The number of nitrogen functional groups attached to an aromatic ring is 1. The number of nitrogens with two attached hydrogens (primary N) is 1. The first-order chi connectivity index (χ1) is 7.99. The number of aryl methyl sites for hydroxylation is 1. The molecule has 0 saturated carbocycles. The number of hydrogen-bond acceptors (Lipinski definition) is 3. The smallest absolute Gasteiger partial charge is 0.325 e. The minimum absolute atomic E-state index is 0.251. The van der Waals surface area contributed by atoms with Gasteiger partial charge in [-0.05, 0) is 31.0 Å². The fourth-order valence-corrected chi connectivity index (χ4v) is 1.38. The molecule has 4 N–H and O–H groups in total. The van der Waals surface area contributed by atoms with Crippen molar-refractivity contribution >= 4 is 17.6 Å². The molecule has 0 aliphatic heterocycles. The van der Waals surface area contributed by atoms with E-state index in [0.717, 1.165) is 5.56 Å². The van der Waals surface area contributed by atoms with Gasteiger partial charge in [0.1, 0.15) is 6.04 Å². The molecule has 0 radical (unpaired) electrons. The molecular formula is C12H16N2O3. The van der Waals surface area contributed by atoms with Gasteiger partial charge in [0.2, 0.25) is 5.91 Å². The number of carboxylic acid groups (broad SMARTS) is 1. The first kappa shape index (κ1) is 13.0. The zero-order valence-electron chi connectivity index (χ0n) is 9.64. The number of carboxylic acids is 1. The highest BCUT2D eigenvalue weighted by Gasteiger charge is 2.13. The summed E-state index contributed by atoms with van der Waals surface area (Å²) in [6.45, 7) is 1.43. The summed E-state index contributed by atoms with van der Waals surface area (Å²) in [6.07, 6.45) is 0.796. The van der Waals surface area contributed by atoms with Gasteiger partial charge in [0.05, 0.1) is 0 Å². The maximum atomic E-state index is 11.4. The van der Waals surface area contributed by atoms with Crippen molar-refractivity contribution in [2.24, 2.45) is 0 Å². The summed E-state index contributed by atoms with van der Waals surface area (Å²) in [6, 6.07) is 6.42. The number of anilines is 1. The van der Waals surface area contributed by atoms with Crippen molar-refractivity contribution in [3.05, 3.63) is 29.8 Å². The Balaban J connectivity index is 2.41. The molecule has 5 heteroatoms. The molecule has 0 spiro atoms. The Kier molecular flexibility index (Phi) is 4.51. The van der Waals surface area contributed by atoms with Gasteiger partial charge in [-0.25, -0.2) is 0 Å². The van der Waals surface area contributed by atoms with Gasteiger partial charge in [-0.2, -0.15) is 0 Å². The number of aliphatic carboxylic acids is 1. The molecule has 1 rings (SSSR count). The Bertz CT molecular complexity index is 418. The van der Waals surface area contributed by atoms with Gasteiger partial charge in [0.15, 0.2) is 0 Å². The third kappa shape index (κ3) is 4.55. The van der Waals surface area contributed by atoms with E-state index in [1.807, 2.05) is 12.1 Å². The predicted molar refractivity (Wildman–Crippen MR) is 64.4 cm³/mol. The Morgan fingerprint density at radius 3 is 2.76 bits per heavy atom. The molecule has 0 aliphatic rings. The van der Waals surface area contributed by atoms with Gasteiger partial charge in [-0.1, -0.05) is 12.1 Å². The van der Waals surface area contributed by atoms with E-state index >= 15 is 0 Å². The van der Waals surface area contributed by atoms with Gasteiger partial charge in [0, 0.05) is 12.1 Å². The first-order valence-electron chi connectivity index (χ1n) is 5.35. The summed E-state index contributed by atoms with van der Waals surface area (Å²) in [5.41, 5.74) is 7.22. The highest BCUT2D eigenvalue weighted by atomic mass is 16.4.